The molecule has 1 aliphatic heterocycles. The highest BCUT2D eigenvalue weighted by atomic mass is 19.4. The predicted molar refractivity (Wildman–Crippen MR) is 127 cm³/mol. The second-order valence-electron chi connectivity index (χ2n) is 9.12. The lowest BCUT2D eigenvalue weighted by atomic mass is 9.85. The van der Waals surface area contributed by atoms with Gasteiger partial charge in [0.15, 0.2) is 11.4 Å². The average molecular weight is 518 g/mol. The van der Waals surface area contributed by atoms with Crippen LogP contribution in [0.5, 0.6) is 0 Å². The van der Waals surface area contributed by atoms with Gasteiger partial charge in [0.1, 0.15) is 5.39 Å². The number of hydrogen-bond acceptors (Lipinski definition) is 7. The summed E-state index contributed by atoms with van der Waals surface area (Å²) >= 11 is 0. The van der Waals surface area contributed by atoms with Gasteiger partial charge in [0.2, 0.25) is 0 Å². The standard InChI is InChI=1S/C24H25F3N6O4/c1-22(36,24(25,26)27)15-3-5-16(6-4-15)30-19-18-17(7-12-29-20(18)34)33(31-19)23(8-11-28)9-13-32(14-10-23)21(35)37-2/h3-7,12,36H,8-10,13-14H2,1-2H3,(H,29,34)(H,30,31)/t22-/m1/s1. The SMILES string of the molecule is COC(=O)N1CCC(CC#N)(n2nc(Nc3ccc([C@@](C)(O)C(F)(F)F)cc3)c3c(=O)[nH]ccc32)CC1. The van der Waals surface area contributed by atoms with Gasteiger partial charge < -0.3 is 25.0 Å². The van der Waals surface area contributed by atoms with E-state index in [1.165, 1.54) is 30.3 Å². The Bertz CT molecular complexity index is 1400. The van der Waals surface area contributed by atoms with Crippen LogP contribution in [0.3, 0.4) is 0 Å². The quantitative estimate of drug-likeness (QED) is 0.468. The first-order chi connectivity index (χ1) is 17.4. The highest BCUT2D eigenvalue weighted by Gasteiger charge is 2.51. The second-order valence-corrected chi connectivity index (χ2v) is 9.12. The molecule has 0 spiro atoms. The zero-order valence-electron chi connectivity index (χ0n) is 20.1. The van der Waals surface area contributed by atoms with E-state index in [1.807, 2.05) is 0 Å². The number of pyridine rings is 1. The number of carbonyl (C=O) groups is 1. The molecule has 3 aromatic rings. The molecule has 37 heavy (non-hydrogen) atoms. The zero-order valence-corrected chi connectivity index (χ0v) is 20.1. The van der Waals surface area contributed by atoms with Crippen LogP contribution in [0.15, 0.2) is 41.3 Å². The number of aromatic nitrogens is 3. The number of anilines is 2. The van der Waals surface area contributed by atoms with Gasteiger partial charge in [-0.05, 0) is 43.5 Å². The Morgan fingerprint density at radius 3 is 2.49 bits per heavy atom. The normalized spacial score (nSPS) is 17.2. The molecule has 4 rings (SSSR count). The van der Waals surface area contributed by atoms with Crippen molar-refractivity contribution in [1.82, 2.24) is 19.7 Å². The Morgan fingerprint density at radius 2 is 1.92 bits per heavy atom. The summed E-state index contributed by atoms with van der Waals surface area (Å²) in [5, 5.41) is 27.3. The van der Waals surface area contributed by atoms with Crippen LogP contribution in [0.4, 0.5) is 29.5 Å². The number of aliphatic hydroxyl groups is 1. The summed E-state index contributed by atoms with van der Waals surface area (Å²) in [6, 6.07) is 8.81. The van der Waals surface area contributed by atoms with Gasteiger partial charge in [-0.1, -0.05) is 12.1 Å². The van der Waals surface area contributed by atoms with Gasteiger partial charge in [-0.3, -0.25) is 9.48 Å². The molecular formula is C24H25F3N6O4. The fourth-order valence-electron chi connectivity index (χ4n) is 4.55. The van der Waals surface area contributed by atoms with E-state index < -0.39 is 29.0 Å². The second kappa shape index (κ2) is 9.44. The number of hydrogen-bond donors (Lipinski definition) is 3. The third-order valence-corrected chi connectivity index (χ3v) is 6.85. The maximum atomic E-state index is 13.2. The number of nitrogens with zero attached hydrogens (tertiary/aromatic N) is 4. The number of amides is 1. The highest BCUT2D eigenvalue weighted by molar-refractivity contribution is 5.91. The summed E-state index contributed by atoms with van der Waals surface area (Å²) in [5.41, 5.74) is -3.82. The number of likely N-dealkylation sites (tertiary alicyclic amines) is 1. The third kappa shape index (κ3) is 4.60. The lowest BCUT2D eigenvalue weighted by molar-refractivity contribution is -0.258. The minimum atomic E-state index is -4.86. The number of carbonyl (C=O) groups excluding carboxylic acids is 1. The number of halogens is 3. The summed E-state index contributed by atoms with van der Waals surface area (Å²) in [6.45, 7) is 1.31. The molecule has 1 amide bonds. The molecule has 1 saturated heterocycles. The van der Waals surface area contributed by atoms with Crippen molar-refractivity contribution in [3.63, 3.8) is 0 Å². The number of nitriles is 1. The Morgan fingerprint density at radius 1 is 1.27 bits per heavy atom. The maximum Gasteiger partial charge on any atom is 0.421 e. The summed E-state index contributed by atoms with van der Waals surface area (Å²) in [7, 11) is 1.29. The van der Waals surface area contributed by atoms with Gasteiger partial charge in [-0.15, -0.1) is 0 Å². The number of nitrogens with one attached hydrogen (secondary N) is 2. The van der Waals surface area contributed by atoms with Crippen LogP contribution >= 0.6 is 0 Å². The van der Waals surface area contributed by atoms with Gasteiger partial charge in [-0.25, -0.2) is 4.79 Å². The van der Waals surface area contributed by atoms with Crippen molar-refractivity contribution >= 4 is 28.5 Å². The number of rotatable bonds is 5. The highest BCUT2D eigenvalue weighted by Crippen LogP contribution is 2.40. The zero-order chi connectivity index (χ0) is 27.0. The van der Waals surface area contributed by atoms with Gasteiger partial charge >= 0.3 is 12.3 Å². The Kier molecular flexibility index (Phi) is 6.64. The van der Waals surface area contributed by atoms with E-state index in [-0.39, 0.29) is 23.2 Å². The molecule has 0 bridgehead atoms. The topological polar surface area (TPSA) is 136 Å². The van der Waals surface area contributed by atoms with Crippen molar-refractivity contribution in [2.75, 3.05) is 25.5 Å². The first kappa shape index (κ1) is 26.0. The first-order valence-electron chi connectivity index (χ1n) is 11.4. The number of alkyl halides is 3. The summed E-state index contributed by atoms with van der Waals surface area (Å²) in [6.07, 6.45) is -3.01. The van der Waals surface area contributed by atoms with Crippen LogP contribution in [0.1, 0.15) is 31.7 Å². The van der Waals surface area contributed by atoms with Gasteiger partial charge in [0.05, 0.1) is 30.7 Å². The van der Waals surface area contributed by atoms with Crippen LogP contribution in [0, 0.1) is 11.3 Å². The lowest BCUT2D eigenvalue weighted by Gasteiger charge is -2.40. The monoisotopic (exact) mass is 518 g/mol. The van der Waals surface area contributed by atoms with Crippen LogP contribution < -0.4 is 10.9 Å². The van der Waals surface area contributed by atoms with Gasteiger partial charge in [0.25, 0.3) is 5.56 Å². The van der Waals surface area contributed by atoms with Crippen molar-refractivity contribution in [3.05, 3.63) is 52.4 Å². The lowest BCUT2D eigenvalue weighted by Crippen LogP contribution is -2.48. The van der Waals surface area contributed by atoms with Crippen LogP contribution in [-0.4, -0.2) is 57.2 Å². The molecule has 1 atom stereocenters. The van der Waals surface area contributed by atoms with Gasteiger partial charge in [-0.2, -0.15) is 23.5 Å². The molecule has 1 fully saturated rings. The molecular weight excluding hydrogens is 493 g/mol. The molecule has 3 heterocycles. The average Bonchev–Trinajstić information content (AvgIpc) is 3.24. The molecule has 1 aromatic carbocycles. The summed E-state index contributed by atoms with van der Waals surface area (Å²) < 4.78 is 46.0. The molecule has 2 aromatic heterocycles. The van der Waals surface area contributed by atoms with Gasteiger partial charge in [0, 0.05) is 25.0 Å². The van der Waals surface area contributed by atoms with Crippen molar-refractivity contribution in [2.24, 2.45) is 0 Å². The van der Waals surface area contributed by atoms with Crippen molar-refractivity contribution in [2.45, 2.75) is 43.5 Å². The van der Waals surface area contributed by atoms with Crippen molar-refractivity contribution < 1.29 is 27.8 Å². The van der Waals surface area contributed by atoms with Crippen LogP contribution in [-0.2, 0) is 15.9 Å². The maximum absolute atomic E-state index is 13.2. The number of fused-ring (bicyclic) bond motifs is 1. The van der Waals surface area contributed by atoms with E-state index in [0.717, 1.165) is 12.1 Å². The van der Waals surface area contributed by atoms with E-state index in [2.05, 4.69) is 21.5 Å². The van der Waals surface area contributed by atoms with E-state index in [0.29, 0.717) is 44.1 Å². The summed E-state index contributed by atoms with van der Waals surface area (Å²) in [5.74, 6) is 0.153. The van der Waals surface area contributed by atoms with Crippen molar-refractivity contribution in [3.8, 4) is 6.07 Å². The molecule has 0 aliphatic carbocycles. The smallest absolute Gasteiger partial charge is 0.421 e. The van der Waals surface area contributed by atoms with Crippen LogP contribution in [0.2, 0.25) is 0 Å². The van der Waals surface area contributed by atoms with E-state index >= 15 is 0 Å². The van der Waals surface area contributed by atoms with E-state index in [4.69, 9.17) is 4.74 Å². The Balaban J connectivity index is 1.72. The molecule has 13 heteroatoms. The number of piperidine rings is 1. The molecule has 1 aliphatic rings. The molecule has 0 radical (unpaired) electrons. The molecule has 10 nitrogen and oxygen atoms in total. The first-order valence-corrected chi connectivity index (χ1v) is 11.4. The minimum Gasteiger partial charge on any atom is -0.453 e. The van der Waals surface area contributed by atoms with E-state index in [1.54, 1.807) is 10.7 Å². The predicted octanol–water partition coefficient (Wildman–Crippen LogP) is 3.71. The Hall–Kier alpha value is -4.05. The number of ether oxygens (including phenoxy) is 1. The summed E-state index contributed by atoms with van der Waals surface area (Å²) in [4.78, 5) is 28.9. The molecule has 0 unspecified atom stereocenters. The Labute approximate surface area is 209 Å². The molecule has 3 N–H and O–H groups in total. The molecule has 196 valence electrons. The fourth-order valence-corrected chi connectivity index (χ4v) is 4.55. The number of H-pyrrole nitrogens is 1. The minimum absolute atomic E-state index is 0.0756. The number of aromatic amines is 1. The van der Waals surface area contributed by atoms with Crippen molar-refractivity contribution in [1.29, 1.82) is 5.26 Å². The largest absolute Gasteiger partial charge is 0.453 e. The fraction of sp³-hybridized carbons (Fsp3) is 0.417. The third-order valence-electron chi connectivity index (χ3n) is 6.85. The number of benzene rings is 1. The molecule has 0 saturated carbocycles. The van der Waals surface area contributed by atoms with E-state index in [9.17, 15) is 33.1 Å². The number of methoxy groups -OCH3 is 1. The van der Waals surface area contributed by atoms with Crippen LogP contribution in [0.25, 0.3) is 10.9 Å².